The van der Waals surface area contributed by atoms with Crippen molar-refractivity contribution in [3.05, 3.63) is 35.9 Å². The summed E-state index contributed by atoms with van der Waals surface area (Å²) in [4.78, 5) is 17.6. The Hall–Kier alpha value is -3.08. The molecule has 9 nitrogen and oxygen atoms in total. The molecule has 0 spiro atoms. The second-order valence-electron chi connectivity index (χ2n) is 9.82. The number of hydrogen-bond acceptors (Lipinski definition) is 6. The van der Waals surface area contributed by atoms with E-state index in [9.17, 15) is 18.7 Å². The van der Waals surface area contributed by atoms with Crippen LogP contribution >= 0.6 is 0 Å². The van der Waals surface area contributed by atoms with Gasteiger partial charge in [-0.1, -0.05) is 19.8 Å². The highest BCUT2D eigenvalue weighted by Gasteiger charge is 2.27. The number of aliphatic hydroxyl groups is 1. The second-order valence-corrected chi connectivity index (χ2v) is 9.82. The van der Waals surface area contributed by atoms with Crippen LogP contribution in [0, 0.1) is 5.92 Å². The smallest absolute Gasteiger partial charge is 0.284 e. The van der Waals surface area contributed by atoms with Crippen molar-refractivity contribution >= 4 is 23.1 Å². The molecule has 2 saturated carbocycles. The predicted octanol–water partition coefficient (Wildman–Crippen LogP) is 4.58. The SMILES string of the molecule is C[C@H]1CC[C@H](n2cc(NC(=O)c3cnn4ccc(N[C@@H]5CCCC[C@@H]5O)nc34)c(C(F)F)n2)CC1. The molecule has 188 valence electrons. The van der Waals surface area contributed by atoms with Crippen LogP contribution in [0.25, 0.3) is 5.65 Å². The van der Waals surface area contributed by atoms with Gasteiger partial charge in [0.25, 0.3) is 12.3 Å². The van der Waals surface area contributed by atoms with Crippen molar-refractivity contribution in [2.75, 3.05) is 10.6 Å². The lowest BCUT2D eigenvalue weighted by Gasteiger charge is -2.28. The van der Waals surface area contributed by atoms with Crippen molar-refractivity contribution in [3.63, 3.8) is 0 Å². The van der Waals surface area contributed by atoms with Gasteiger partial charge < -0.3 is 15.7 Å². The van der Waals surface area contributed by atoms with E-state index < -0.39 is 24.1 Å². The summed E-state index contributed by atoms with van der Waals surface area (Å²) in [6.07, 6.45) is 8.68. The average molecular weight is 488 g/mol. The quantitative estimate of drug-likeness (QED) is 0.470. The Bertz CT molecular complexity index is 1190. The fraction of sp³-hybridized carbons (Fsp3) is 0.583. The van der Waals surface area contributed by atoms with E-state index in [2.05, 4.69) is 32.7 Å². The van der Waals surface area contributed by atoms with Crippen molar-refractivity contribution in [3.8, 4) is 0 Å². The third kappa shape index (κ3) is 5.00. The largest absolute Gasteiger partial charge is 0.391 e. The van der Waals surface area contributed by atoms with E-state index in [4.69, 9.17) is 0 Å². The molecule has 0 saturated heterocycles. The fourth-order valence-corrected chi connectivity index (χ4v) is 5.13. The van der Waals surface area contributed by atoms with Gasteiger partial charge in [-0.2, -0.15) is 10.2 Å². The lowest BCUT2D eigenvalue weighted by molar-refractivity contribution is 0.102. The molecule has 5 rings (SSSR count). The topological polar surface area (TPSA) is 109 Å². The number of fused-ring (bicyclic) bond motifs is 1. The van der Waals surface area contributed by atoms with Gasteiger partial charge in [-0.15, -0.1) is 0 Å². The predicted molar refractivity (Wildman–Crippen MR) is 127 cm³/mol. The monoisotopic (exact) mass is 487 g/mol. The maximum atomic E-state index is 13.7. The summed E-state index contributed by atoms with van der Waals surface area (Å²) in [5.74, 6) is 0.561. The number of rotatable bonds is 6. The zero-order valence-electron chi connectivity index (χ0n) is 19.7. The molecule has 2 aliphatic carbocycles. The Balaban J connectivity index is 1.36. The summed E-state index contributed by atoms with van der Waals surface area (Å²) < 4.78 is 30.5. The summed E-state index contributed by atoms with van der Waals surface area (Å²) >= 11 is 0. The Morgan fingerprint density at radius 3 is 2.69 bits per heavy atom. The molecule has 11 heteroatoms. The number of halogens is 2. The number of carbonyl (C=O) groups is 1. The van der Waals surface area contributed by atoms with Gasteiger partial charge in [-0.25, -0.2) is 18.3 Å². The lowest BCUT2D eigenvalue weighted by Crippen LogP contribution is -2.36. The minimum absolute atomic E-state index is 0.00239. The molecule has 0 bridgehead atoms. The molecule has 3 aromatic heterocycles. The van der Waals surface area contributed by atoms with E-state index in [1.807, 2.05) is 0 Å². The highest BCUT2D eigenvalue weighted by molar-refractivity contribution is 6.08. The van der Waals surface area contributed by atoms with Gasteiger partial charge in [0.2, 0.25) is 0 Å². The van der Waals surface area contributed by atoms with E-state index in [1.165, 1.54) is 16.9 Å². The molecule has 1 amide bonds. The average Bonchev–Trinajstić information content (AvgIpc) is 3.45. The third-order valence-corrected chi connectivity index (χ3v) is 7.25. The van der Waals surface area contributed by atoms with E-state index in [0.29, 0.717) is 17.4 Å². The molecule has 3 N–H and O–H groups in total. The number of aliphatic hydroxyl groups excluding tert-OH is 1. The van der Waals surface area contributed by atoms with Crippen LogP contribution < -0.4 is 10.6 Å². The fourth-order valence-electron chi connectivity index (χ4n) is 5.13. The van der Waals surface area contributed by atoms with Gasteiger partial charge in [0.15, 0.2) is 11.3 Å². The molecule has 3 aromatic rings. The number of amides is 1. The zero-order chi connectivity index (χ0) is 24.5. The first-order valence-electron chi connectivity index (χ1n) is 12.4. The van der Waals surface area contributed by atoms with Gasteiger partial charge in [0.1, 0.15) is 11.4 Å². The maximum Gasteiger partial charge on any atom is 0.284 e. The van der Waals surface area contributed by atoms with E-state index in [1.54, 1.807) is 16.9 Å². The van der Waals surface area contributed by atoms with Crippen molar-refractivity contribution < 1.29 is 18.7 Å². The molecule has 0 aliphatic heterocycles. The van der Waals surface area contributed by atoms with Crippen molar-refractivity contribution in [2.24, 2.45) is 5.92 Å². The summed E-state index contributed by atoms with van der Waals surface area (Å²) in [5, 5.41) is 24.4. The molecule has 0 aromatic carbocycles. The standard InChI is InChI=1S/C24H31F2N7O2/c1-14-6-8-15(9-7-14)33-13-18(21(31-33)22(25)26)29-24(35)16-12-27-32-11-10-20(30-23(16)32)28-17-4-2-3-5-19(17)34/h10-15,17,19,22,34H,2-9H2,1H3,(H,28,30)(H,29,35)/t14-,15-,17-,19+/m1/s1. The lowest BCUT2D eigenvalue weighted by atomic mass is 9.87. The van der Waals surface area contributed by atoms with Gasteiger partial charge in [-0.3, -0.25) is 9.48 Å². The van der Waals surface area contributed by atoms with E-state index in [0.717, 1.165) is 51.4 Å². The first kappa shape index (κ1) is 23.7. The summed E-state index contributed by atoms with van der Waals surface area (Å²) in [6.45, 7) is 2.19. The molecule has 2 fully saturated rings. The van der Waals surface area contributed by atoms with Crippen LogP contribution in [0.15, 0.2) is 24.7 Å². The van der Waals surface area contributed by atoms with Crippen LogP contribution in [0.5, 0.6) is 0 Å². The molecular formula is C24H31F2N7O2. The Morgan fingerprint density at radius 1 is 1.17 bits per heavy atom. The Morgan fingerprint density at radius 2 is 1.94 bits per heavy atom. The molecule has 35 heavy (non-hydrogen) atoms. The van der Waals surface area contributed by atoms with Gasteiger partial charge >= 0.3 is 0 Å². The Labute approximate surface area is 201 Å². The highest BCUT2D eigenvalue weighted by Crippen LogP contribution is 2.34. The molecule has 3 heterocycles. The van der Waals surface area contributed by atoms with Crippen LogP contribution in [0.1, 0.15) is 86.8 Å². The molecule has 0 radical (unpaired) electrons. The van der Waals surface area contributed by atoms with Crippen molar-refractivity contribution in [2.45, 2.75) is 82.9 Å². The van der Waals surface area contributed by atoms with Crippen LogP contribution in [0.2, 0.25) is 0 Å². The number of nitrogens with zero attached hydrogens (tertiary/aromatic N) is 5. The first-order chi connectivity index (χ1) is 16.9. The Kier molecular flexibility index (Phi) is 6.68. The van der Waals surface area contributed by atoms with Gasteiger partial charge in [0, 0.05) is 12.4 Å². The van der Waals surface area contributed by atoms with Crippen molar-refractivity contribution in [1.29, 1.82) is 0 Å². The molecule has 2 atom stereocenters. The normalized spacial score (nSPS) is 25.2. The van der Waals surface area contributed by atoms with Gasteiger partial charge in [-0.05, 0) is 50.5 Å². The maximum absolute atomic E-state index is 13.7. The van der Waals surface area contributed by atoms with E-state index >= 15 is 0 Å². The number of anilines is 2. The van der Waals surface area contributed by atoms with Crippen molar-refractivity contribution in [1.82, 2.24) is 24.4 Å². The number of alkyl halides is 2. The minimum Gasteiger partial charge on any atom is -0.391 e. The third-order valence-electron chi connectivity index (χ3n) is 7.25. The summed E-state index contributed by atoms with van der Waals surface area (Å²) in [7, 11) is 0. The van der Waals surface area contributed by atoms with Crippen LogP contribution in [0.4, 0.5) is 20.3 Å². The summed E-state index contributed by atoms with van der Waals surface area (Å²) in [6, 6.07) is 1.67. The number of carbonyl (C=O) groups excluding carboxylic acids is 1. The minimum atomic E-state index is -2.81. The summed E-state index contributed by atoms with van der Waals surface area (Å²) in [5.41, 5.74) is 0.0278. The number of nitrogens with one attached hydrogen (secondary N) is 2. The van der Waals surface area contributed by atoms with Crippen LogP contribution in [-0.2, 0) is 0 Å². The van der Waals surface area contributed by atoms with Crippen LogP contribution in [-0.4, -0.2) is 47.5 Å². The number of aromatic nitrogens is 5. The molecular weight excluding hydrogens is 456 g/mol. The zero-order valence-corrected chi connectivity index (χ0v) is 19.7. The molecule has 2 aliphatic rings. The number of hydrogen-bond donors (Lipinski definition) is 3. The van der Waals surface area contributed by atoms with E-state index in [-0.39, 0.29) is 23.3 Å². The van der Waals surface area contributed by atoms with Crippen LogP contribution in [0.3, 0.4) is 0 Å². The highest BCUT2D eigenvalue weighted by atomic mass is 19.3. The van der Waals surface area contributed by atoms with Gasteiger partial charge in [0.05, 0.1) is 30.1 Å². The first-order valence-corrected chi connectivity index (χ1v) is 12.4. The second kappa shape index (κ2) is 9.88. The molecule has 0 unspecified atom stereocenters.